The van der Waals surface area contributed by atoms with Gasteiger partial charge < -0.3 is 10.3 Å². The Kier molecular flexibility index (Phi) is 3.87. The van der Waals surface area contributed by atoms with Crippen molar-refractivity contribution in [2.45, 2.75) is 19.5 Å². The van der Waals surface area contributed by atoms with Crippen molar-refractivity contribution in [2.24, 2.45) is 14.1 Å². The lowest BCUT2D eigenvalue weighted by atomic mass is 10.1. The van der Waals surface area contributed by atoms with Gasteiger partial charge in [0, 0.05) is 20.1 Å². The van der Waals surface area contributed by atoms with Crippen LogP contribution in [0.1, 0.15) is 24.4 Å². The highest BCUT2D eigenvalue weighted by Gasteiger charge is 2.13. The largest absolute Gasteiger partial charge is 0.335 e. The molecule has 1 aromatic carbocycles. The average Bonchev–Trinajstić information content (AvgIpc) is 3.01. The normalized spacial score (nSPS) is 12.7. The lowest BCUT2D eigenvalue weighted by molar-refractivity contribution is 0.562. The van der Waals surface area contributed by atoms with E-state index in [2.05, 4.69) is 34.3 Å². The summed E-state index contributed by atoms with van der Waals surface area (Å²) in [6.45, 7) is 2.54. The maximum atomic E-state index is 12.1. The van der Waals surface area contributed by atoms with Crippen LogP contribution in [0.15, 0.2) is 39.9 Å². The van der Waals surface area contributed by atoms with Crippen LogP contribution in [0.2, 0.25) is 0 Å². The molecule has 0 spiro atoms. The second-order valence-corrected chi connectivity index (χ2v) is 5.60. The van der Waals surface area contributed by atoms with E-state index in [-0.39, 0.29) is 17.3 Å². The van der Waals surface area contributed by atoms with Crippen molar-refractivity contribution in [2.75, 3.05) is 0 Å². The Hall–Kier alpha value is -2.67. The van der Waals surface area contributed by atoms with Crippen molar-refractivity contribution in [3.63, 3.8) is 0 Å². The van der Waals surface area contributed by atoms with Gasteiger partial charge in [-0.3, -0.25) is 13.9 Å². The molecule has 23 heavy (non-hydrogen) atoms. The molecule has 0 aliphatic carbocycles. The van der Waals surface area contributed by atoms with Crippen molar-refractivity contribution in [1.82, 2.24) is 24.4 Å². The van der Waals surface area contributed by atoms with Gasteiger partial charge in [-0.25, -0.2) is 9.78 Å². The molecule has 2 aromatic heterocycles. The van der Waals surface area contributed by atoms with Crippen molar-refractivity contribution in [1.29, 1.82) is 0 Å². The maximum absolute atomic E-state index is 12.1. The molecule has 3 aromatic rings. The molecule has 2 N–H and O–H groups in total. The number of benzene rings is 1. The van der Waals surface area contributed by atoms with E-state index in [4.69, 9.17) is 0 Å². The number of aromatic amines is 1. The first-order valence-electron chi connectivity index (χ1n) is 7.42. The van der Waals surface area contributed by atoms with E-state index in [1.165, 1.54) is 17.2 Å². The SMILES string of the molecule is C[C@@H](NCc1nc2c([nH]1)c(=O)n(C)c(=O)n2C)c1ccccc1. The summed E-state index contributed by atoms with van der Waals surface area (Å²) in [5, 5.41) is 3.35. The van der Waals surface area contributed by atoms with Crippen LogP contribution in [0.5, 0.6) is 0 Å². The Morgan fingerprint density at radius 1 is 1.17 bits per heavy atom. The van der Waals surface area contributed by atoms with Gasteiger partial charge in [-0.2, -0.15) is 0 Å². The Morgan fingerprint density at radius 3 is 2.57 bits per heavy atom. The second-order valence-electron chi connectivity index (χ2n) is 5.60. The highest BCUT2D eigenvalue weighted by atomic mass is 16.2. The molecule has 0 fully saturated rings. The predicted octanol–water partition coefficient (Wildman–Crippen LogP) is 0.811. The summed E-state index contributed by atoms with van der Waals surface area (Å²) in [6.07, 6.45) is 0. The predicted molar refractivity (Wildman–Crippen MR) is 88.3 cm³/mol. The summed E-state index contributed by atoms with van der Waals surface area (Å²) in [5.41, 5.74) is 1.15. The first kappa shape index (κ1) is 15.2. The van der Waals surface area contributed by atoms with Crippen LogP contribution in [0.3, 0.4) is 0 Å². The summed E-state index contributed by atoms with van der Waals surface area (Å²) in [6, 6.07) is 10.2. The highest BCUT2D eigenvalue weighted by Crippen LogP contribution is 2.12. The molecule has 0 aliphatic rings. The van der Waals surface area contributed by atoms with Crippen LogP contribution < -0.4 is 16.6 Å². The molecule has 120 valence electrons. The third-order valence-electron chi connectivity index (χ3n) is 4.02. The zero-order valence-electron chi connectivity index (χ0n) is 13.3. The van der Waals surface area contributed by atoms with Gasteiger partial charge in [0.25, 0.3) is 5.56 Å². The van der Waals surface area contributed by atoms with E-state index in [0.29, 0.717) is 23.5 Å². The van der Waals surface area contributed by atoms with E-state index in [9.17, 15) is 9.59 Å². The van der Waals surface area contributed by atoms with Crippen molar-refractivity contribution >= 4 is 11.2 Å². The molecule has 3 rings (SSSR count). The first-order valence-corrected chi connectivity index (χ1v) is 7.42. The molecule has 0 radical (unpaired) electrons. The molecular weight excluding hydrogens is 294 g/mol. The molecule has 0 bridgehead atoms. The standard InChI is InChI=1S/C16H19N5O2/c1-10(11-7-5-4-6-8-11)17-9-12-18-13-14(19-12)20(2)16(23)21(3)15(13)22/h4-8,10,17H,9H2,1-3H3,(H,18,19)/t10-/m1/s1. The number of H-pyrrole nitrogens is 1. The molecule has 2 heterocycles. The van der Waals surface area contributed by atoms with Gasteiger partial charge in [0.1, 0.15) is 11.3 Å². The number of rotatable bonds is 4. The van der Waals surface area contributed by atoms with Crippen molar-refractivity contribution in [3.8, 4) is 0 Å². The quantitative estimate of drug-likeness (QED) is 0.746. The van der Waals surface area contributed by atoms with E-state index in [0.717, 1.165) is 4.57 Å². The summed E-state index contributed by atoms with van der Waals surface area (Å²) in [4.78, 5) is 31.4. The minimum atomic E-state index is -0.383. The Morgan fingerprint density at radius 2 is 1.87 bits per heavy atom. The van der Waals surface area contributed by atoms with E-state index in [1.54, 1.807) is 7.05 Å². The van der Waals surface area contributed by atoms with Crippen LogP contribution in [0.4, 0.5) is 0 Å². The lowest BCUT2D eigenvalue weighted by Crippen LogP contribution is -2.36. The van der Waals surface area contributed by atoms with Crippen molar-refractivity contribution < 1.29 is 0 Å². The van der Waals surface area contributed by atoms with Gasteiger partial charge >= 0.3 is 5.69 Å². The number of aryl methyl sites for hydroxylation is 1. The number of hydrogen-bond acceptors (Lipinski definition) is 4. The van der Waals surface area contributed by atoms with Crippen LogP contribution in [-0.2, 0) is 20.6 Å². The highest BCUT2D eigenvalue weighted by molar-refractivity contribution is 5.69. The fourth-order valence-electron chi connectivity index (χ4n) is 2.57. The third kappa shape index (κ3) is 2.70. The number of nitrogens with one attached hydrogen (secondary N) is 2. The molecule has 0 amide bonds. The van der Waals surface area contributed by atoms with Crippen molar-refractivity contribution in [3.05, 3.63) is 62.6 Å². The number of imidazole rings is 1. The minimum Gasteiger partial charge on any atom is -0.335 e. The van der Waals surface area contributed by atoms with Crippen LogP contribution in [-0.4, -0.2) is 19.1 Å². The van der Waals surface area contributed by atoms with E-state index in [1.807, 2.05) is 18.2 Å². The number of nitrogens with zero attached hydrogens (tertiary/aromatic N) is 3. The molecule has 7 nitrogen and oxygen atoms in total. The van der Waals surface area contributed by atoms with Gasteiger partial charge in [0.15, 0.2) is 5.65 Å². The van der Waals surface area contributed by atoms with Gasteiger partial charge in [0.05, 0.1) is 6.54 Å². The fraction of sp³-hybridized carbons (Fsp3) is 0.312. The topological polar surface area (TPSA) is 84.7 Å². The first-order chi connectivity index (χ1) is 11.0. The average molecular weight is 313 g/mol. The van der Waals surface area contributed by atoms with Gasteiger partial charge in [-0.15, -0.1) is 0 Å². The van der Waals surface area contributed by atoms with Gasteiger partial charge in [-0.1, -0.05) is 30.3 Å². The zero-order chi connectivity index (χ0) is 16.6. The van der Waals surface area contributed by atoms with Gasteiger partial charge in [-0.05, 0) is 12.5 Å². The van der Waals surface area contributed by atoms with Crippen LogP contribution in [0, 0.1) is 0 Å². The zero-order valence-corrected chi connectivity index (χ0v) is 13.3. The van der Waals surface area contributed by atoms with E-state index < -0.39 is 0 Å². The summed E-state index contributed by atoms with van der Waals surface area (Å²) in [5.74, 6) is 0.626. The lowest BCUT2D eigenvalue weighted by Gasteiger charge is -2.12. The molecule has 7 heteroatoms. The van der Waals surface area contributed by atoms with Gasteiger partial charge in [0.2, 0.25) is 0 Å². The monoisotopic (exact) mass is 313 g/mol. The Bertz CT molecular complexity index is 952. The second kappa shape index (κ2) is 5.85. The minimum absolute atomic E-state index is 0.149. The number of fused-ring (bicyclic) bond motifs is 1. The molecule has 0 saturated heterocycles. The summed E-state index contributed by atoms with van der Waals surface area (Å²) >= 11 is 0. The Labute approximate surface area is 132 Å². The number of aromatic nitrogens is 4. The Balaban J connectivity index is 1.88. The molecule has 1 atom stereocenters. The fourth-order valence-corrected chi connectivity index (χ4v) is 2.57. The maximum Gasteiger partial charge on any atom is 0.332 e. The third-order valence-corrected chi connectivity index (χ3v) is 4.02. The summed E-state index contributed by atoms with van der Waals surface area (Å²) in [7, 11) is 3.06. The molecule has 0 saturated carbocycles. The molecule has 0 unspecified atom stereocenters. The molecule has 0 aliphatic heterocycles. The van der Waals surface area contributed by atoms with Crippen LogP contribution in [0.25, 0.3) is 11.2 Å². The van der Waals surface area contributed by atoms with E-state index >= 15 is 0 Å². The summed E-state index contributed by atoms with van der Waals surface area (Å²) < 4.78 is 2.45. The molecular formula is C16H19N5O2. The van der Waals surface area contributed by atoms with Crippen LogP contribution >= 0.6 is 0 Å². The smallest absolute Gasteiger partial charge is 0.332 e. The number of hydrogen-bond donors (Lipinski definition) is 2.